The first kappa shape index (κ1) is 23.7. The van der Waals surface area contributed by atoms with Crippen LogP contribution in [0.1, 0.15) is 34.0 Å². The molecule has 0 fully saturated rings. The highest BCUT2D eigenvalue weighted by molar-refractivity contribution is 6.31. The van der Waals surface area contributed by atoms with Gasteiger partial charge in [0, 0.05) is 28.9 Å². The monoisotopic (exact) mass is 477 g/mol. The Hall–Kier alpha value is -2.96. The molecule has 2 N–H and O–H groups in total. The molecule has 0 saturated carbocycles. The van der Waals surface area contributed by atoms with E-state index >= 15 is 0 Å². The largest absolute Gasteiger partial charge is 0.490 e. The quantitative estimate of drug-likeness (QED) is 0.357. The molecule has 32 heavy (non-hydrogen) atoms. The second kappa shape index (κ2) is 10.6. The van der Waals surface area contributed by atoms with Gasteiger partial charge in [0.05, 0.1) is 17.2 Å². The Kier molecular flexibility index (Phi) is 7.83. The van der Waals surface area contributed by atoms with E-state index in [4.69, 9.17) is 32.7 Å². The Balaban J connectivity index is 1.81. The maximum absolute atomic E-state index is 14.1. The molecule has 3 rings (SSSR count). The van der Waals surface area contributed by atoms with Crippen LogP contribution in [0.25, 0.3) is 0 Å². The number of benzene rings is 3. The summed E-state index contributed by atoms with van der Waals surface area (Å²) < 4.78 is 25.5. The molecule has 168 valence electrons. The highest BCUT2D eigenvalue weighted by Crippen LogP contribution is 2.35. The van der Waals surface area contributed by atoms with Crippen molar-refractivity contribution in [3.05, 3.63) is 86.6 Å². The lowest BCUT2D eigenvalue weighted by Gasteiger charge is -2.17. The Morgan fingerprint density at radius 3 is 2.50 bits per heavy atom. The SMILES string of the molecule is CCOc1cc(CNc2cc(C(=O)O)ccc2C)c(Cl)cc1OCc1c(F)cccc1Cl. The molecule has 0 amide bonds. The minimum absolute atomic E-state index is 0.0827. The third-order valence-electron chi connectivity index (χ3n) is 4.80. The molecular weight excluding hydrogens is 456 g/mol. The summed E-state index contributed by atoms with van der Waals surface area (Å²) in [7, 11) is 0. The van der Waals surface area contributed by atoms with Crippen LogP contribution in [0.4, 0.5) is 10.1 Å². The maximum Gasteiger partial charge on any atom is 0.335 e. The standard InChI is InChI=1S/C24H22Cl2FNO4/c1-3-31-22-10-16(12-28-21-9-15(24(29)30)8-7-14(21)2)19(26)11-23(22)32-13-17-18(25)5-4-6-20(17)27/h4-11,28H,3,12-13H2,1-2H3,(H,29,30). The molecule has 0 aliphatic carbocycles. The lowest BCUT2D eigenvalue weighted by molar-refractivity contribution is 0.0697. The van der Waals surface area contributed by atoms with Gasteiger partial charge in [-0.3, -0.25) is 0 Å². The number of nitrogens with one attached hydrogen (secondary N) is 1. The third kappa shape index (κ3) is 5.64. The first-order chi connectivity index (χ1) is 15.3. The zero-order valence-corrected chi connectivity index (χ0v) is 19.1. The van der Waals surface area contributed by atoms with Crippen LogP contribution < -0.4 is 14.8 Å². The highest BCUT2D eigenvalue weighted by Gasteiger charge is 2.15. The molecule has 0 aliphatic heterocycles. The number of halogens is 3. The third-order valence-corrected chi connectivity index (χ3v) is 5.51. The summed E-state index contributed by atoms with van der Waals surface area (Å²) in [4.78, 5) is 11.2. The second-order valence-electron chi connectivity index (χ2n) is 7.00. The number of aromatic carboxylic acids is 1. The number of ether oxygens (including phenoxy) is 2. The molecule has 0 spiro atoms. The lowest BCUT2D eigenvalue weighted by atomic mass is 10.1. The summed E-state index contributed by atoms with van der Waals surface area (Å²) in [5.41, 5.74) is 2.75. The molecule has 0 unspecified atom stereocenters. The van der Waals surface area contributed by atoms with Gasteiger partial charge in [0.25, 0.3) is 0 Å². The predicted molar refractivity (Wildman–Crippen MR) is 124 cm³/mol. The highest BCUT2D eigenvalue weighted by atomic mass is 35.5. The van der Waals surface area contributed by atoms with Crippen LogP contribution in [0.3, 0.4) is 0 Å². The van der Waals surface area contributed by atoms with Gasteiger partial charge in [0.2, 0.25) is 0 Å². The van der Waals surface area contributed by atoms with Crippen molar-refractivity contribution in [3.8, 4) is 11.5 Å². The van der Waals surface area contributed by atoms with Crippen molar-refractivity contribution >= 4 is 34.9 Å². The summed E-state index contributed by atoms with van der Waals surface area (Å²) in [5, 5.41) is 13.1. The van der Waals surface area contributed by atoms with Crippen LogP contribution in [0, 0.1) is 12.7 Å². The number of rotatable bonds is 9. The Bertz CT molecular complexity index is 1120. The molecule has 8 heteroatoms. The summed E-state index contributed by atoms with van der Waals surface area (Å²) >= 11 is 12.5. The van der Waals surface area contributed by atoms with E-state index in [1.54, 1.807) is 36.4 Å². The summed E-state index contributed by atoms with van der Waals surface area (Å²) in [6.45, 7) is 4.37. The van der Waals surface area contributed by atoms with Gasteiger partial charge in [-0.2, -0.15) is 0 Å². The molecular formula is C24H22Cl2FNO4. The Morgan fingerprint density at radius 1 is 1.06 bits per heavy atom. The van der Waals surface area contributed by atoms with Crippen molar-refractivity contribution in [2.24, 2.45) is 0 Å². The number of carbonyl (C=O) groups is 1. The summed E-state index contributed by atoms with van der Waals surface area (Å²) in [6.07, 6.45) is 0. The molecule has 0 aliphatic rings. The van der Waals surface area contributed by atoms with E-state index in [1.807, 2.05) is 13.8 Å². The van der Waals surface area contributed by atoms with Crippen LogP contribution in [0.5, 0.6) is 11.5 Å². The number of carboxylic acids is 1. The van der Waals surface area contributed by atoms with Crippen LogP contribution in [0.15, 0.2) is 48.5 Å². The molecule has 5 nitrogen and oxygen atoms in total. The molecule has 0 atom stereocenters. The van der Waals surface area contributed by atoms with Crippen molar-refractivity contribution in [2.75, 3.05) is 11.9 Å². The van der Waals surface area contributed by atoms with Crippen molar-refractivity contribution in [1.29, 1.82) is 0 Å². The van der Waals surface area contributed by atoms with Crippen molar-refractivity contribution in [3.63, 3.8) is 0 Å². The molecule has 0 heterocycles. The Morgan fingerprint density at radius 2 is 1.81 bits per heavy atom. The number of aryl methyl sites for hydroxylation is 1. The zero-order chi connectivity index (χ0) is 23.3. The van der Waals surface area contributed by atoms with Gasteiger partial charge < -0.3 is 19.9 Å². The average Bonchev–Trinajstić information content (AvgIpc) is 2.75. The van der Waals surface area contributed by atoms with Crippen molar-refractivity contribution < 1.29 is 23.8 Å². The molecule has 3 aromatic carbocycles. The lowest BCUT2D eigenvalue weighted by Crippen LogP contribution is -2.06. The van der Waals surface area contributed by atoms with Crippen LogP contribution in [0.2, 0.25) is 10.0 Å². The number of anilines is 1. The van der Waals surface area contributed by atoms with Gasteiger partial charge in [-0.25, -0.2) is 9.18 Å². The van der Waals surface area contributed by atoms with Crippen LogP contribution in [-0.2, 0) is 13.2 Å². The molecule has 0 radical (unpaired) electrons. The zero-order valence-electron chi connectivity index (χ0n) is 17.5. The average molecular weight is 478 g/mol. The number of hydrogen-bond donors (Lipinski definition) is 2. The topological polar surface area (TPSA) is 67.8 Å². The van der Waals surface area contributed by atoms with Gasteiger partial charge in [0.15, 0.2) is 11.5 Å². The molecule has 0 aromatic heterocycles. The van der Waals surface area contributed by atoms with Crippen molar-refractivity contribution in [2.45, 2.75) is 27.0 Å². The minimum atomic E-state index is -0.999. The van der Waals surface area contributed by atoms with Gasteiger partial charge >= 0.3 is 5.97 Å². The summed E-state index contributed by atoms with van der Waals surface area (Å²) in [6, 6.07) is 12.7. The molecule has 0 saturated heterocycles. The van der Waals surface area contributed by atoms with Crippen LogP contribution in [-0.4, -0.2) is 17.7 Å². The van der Waals surface area contributed by atoms with E-state index in [-0.39, 0.29) is 22.8 Å². The van der Waals surface area contributed by atoms with E-state index in [0.29, 0.717) is 35.4 Å². The smallest absolute Gasteiger partial charge is 0.335 e. The van der Waals surface area contributed by atoms with Crippen LogP contribution >= 0.6 is 23.2 Å². The predicted octanol–water partition coefficient (Wildman–Crippen LogP) is 6.73. The molecule has 3 aromatic rings. The number of hydrogen-bond acceptors (Lipinski definition) is 4. The first-order valence-corrected chi connectivity index (χ1v) is 10.6. The van der Waals surface area contributed by atoms with Gasteiger partial charge in [-0.1, -0.05) is 35.3 Å². The fourth-order valence-corrected chi connectivity index (χ4v) is 3.49. The van der Waals surface area contributed by atoms with Gasteiger partial charge in [0.1, 0.15) is 12.4 Å². The first-order valence-electron chi connectivity index (χ1n) is 9.88. The van der Waals surface area contributed by atoms with Crippen molar-refractivity contribution in [1.82, 2.24) is 0 Å². The number of carboxylic acid groups (broad SMARTS) is 1. The minimum Gasteiger partial charge on any atom is -0.490 e. The second-order valence-corrected chi connectivity index (χ2v) is 7.82. The van der Waals surface area contributed by atoms with E-state index in [9.17, 15) is 14.3 Å². The van der Waals surface area contributed by atoms with E-state index in [2.05, 4.69) is 5.32 Å². The maximum atomic E-state index is 14.1. The molecule has 0 bridgehead atoms. The van der Waals surface area contributed by atoms with Gasteiger partial charge in [-0.05, 0) is 55.3 Å². The van der Waals surface area contributed by atoms with E-state index < -0.39 is 11.8 Å². The fraction of sp³-hybridized carbons (Fsp3) is 0.208. The normalized spacial score (nSPS) is 10.7. The Labute approximate surface area is 195 Å². The summed E-state index contributed by atoms with van der Waals surface area (Å²) in [5.74, 6) is -0.636. The van der Waals surface area contributed by atoms with E-state index in [0.717, 1.165) is 11.1 Å². The van der Waals surface area contributed by atoms with E-state index in [1.165, 1.54) is 12.1 Å². The van der Waals surface area contributed by atoms with Gasteiger partial charge in [-0.15, -0.1) is 0 Å². The fourth-order valence-electron chi connectivity index (χ4n) is 3.05.